The van der Waals surface area contributed by atoms with Gasteiger partial charge in [0.2, 0.25) is 5.91 Å². The lowest BCUT2D eigenvalue weighted by atomic mass is 10.1. The Hall–Kier alpha value is -1.53. The summed E-state index contributed by atoms with van der Waals surface area (Å²) in [5, 5.41) is 2.88. The van der Waals surface area contributed by atoms with Crippen LogP contribution < -0.4 is 5.32 Å². The van der Waals surface area contributed by atoms with Crippen LogP contribution in [0.4, 0.5) is 0 Å². The molecule has 0 unspecified atom stereocenters. The number of carbonyl (C=O) groups excluding carboxylic acids is 2. The average Bonchev–Trinajstić information content (AvgIpc) is 3.05. The highest BCUT2D eigenvalue weighted by Crippen LogP contribution is 2.47. The van der Waals surface area contributed by atoms with Gasteiger partial charge in [-0.25, -0.2) is 0 Å². The van der Waals surface area contributed by atoms with Crippen LogP contribution in [-0.4, -0.2) is 48.8 Å². The molecule has 0 radical (unpaired) electrons. The second kappa shape index (κ2) is 6.07. The summed E-state index contributed by atoms with van der Waals surface area (Å²) in [5.74, 6) is 0.556. The van der Waals surface area contributed by atoms with Gasteiger partial charge in [0, 0.05) is 31.6 Å². The zero-order valence-electron chi connectivity index (χ0n) is 11.9. The molecular weight excluding hydrogens is 288 g/mol. The Morgan fingerprint density at radius 1 is 1.48 bits per heavy atom. The zero-order chi connectivity index (χ0) is 14.8. The van der Waals surface area contributed by atoms with Gasteiger partial charge in [0.25, 0.3) is 5.91 Å². The van der Waals surface area contributed by atoms with Crippen molar-refractivity contribution in [2.75, 3.05) is 26.0 Å². The molecule has 6 heteroatoms. The molecule has 0 aromatic heterocycles. The Kier molecular flexibility index (Phi) is 4.17. The van der Waals surface area contributed by atoms with Gasteiger partial charge in [-0.15, -0.1) is 11.8 Å². The number of nitrogens with zero attached hydrogens (tertiary/aromatic N) is 1. The molecule has 2 heterocycles. The van der Waals surface area contributed by atoms with Crippen molar-refractivity contribution < 1.29 is 14.3 Å². The second-order valence-electron chi connectivity index (χ2n) is 5.14. The fourth-order valence-electron chi connectivity index (χ4n) is 2.79. The SMILES string of the molecule is COCCCNC(=O)[C@H]1CS[C@H]2c3ccccc3C(=O)N12. The van der Waals surface area contributed by atoms with Crippen molar-refractivity contribution in [3.8, 4) is 0 Å². The predicted octanol–water partition coefficient (Wildman–Crippen LogP) is 1.41. The number of fused-ring (bicyclic) bond motifs is 3. The van der Waals surface area contributed by atoms with Crippen LogP contribution in [0.2, 0.25) is 0 Å². The minimum absolute atomic E-state index is 0.0107. The van der Waals surface area contributed by atoms with Crippen molar-refractivity contribution in [3.63, 3.8) is 0 Å². The molecule has 0 saturated carbocycles. The molecule has 0 aliphatic carbocycles. The lowest BCUT2D eigenvalue weighted by Gasteiger charge is -2.22. The molecular formula is C15H18N2O3S. The first-order valence-corrected chi connectivity index (χ1v) is 8.08. The van der Waals surface area contributed by atoms with Crippen LogP contribution in [0.5, 0.6) is 0 Å². The standard InChI is InChI=1S/C15H18N2O3S/c1-20-8-4-7-16-13(18)12-9-21-15-11-6-3-2-5-10(11)14(19)17(12)15/h2-3,5-6,12,15H,4,7-9H2,1H3,(H,16,18)/t12-,15+/m1/s1. The zero-order valence-corrected chi connectivity index (χ0v) is 12.7. The maximum atomic E-state index is 12.5. The molecule has 5 nitrogen and oxygen atoms in total. The van der Waals surface area contributed by atoms with Crippen molar-refractivity contribution in [2.24, 2.45) is 0 Å². The van der Waals surface area contributed by atoms with Gasteiger partial charge in [-0.05, 0) is 18.1 Å². The Balaban J connectivity index is 1.68. The fourth-order valence-corrected chi connectivity index (χ4v) is 4.25. The van der Waals surface area contributed by atoms with E-state index in [0.717, 1.165) is 17.5 Å². The van der Waals surface area contributed by atoms with Gasteiger partial charge in [-0.1, -0.05) is 18.2 Å². The van der Waals surface area contributed by atoms with Crippen LogP contribution in [0.15, 0.2) is 24.3 Å². The first kappa shape index (κ1) is 14.4. The maximum Gasteiger partial charge on any atom is 0.256 e. The number of methoxy groups -OCH3 is 1. The van der Waals surface area contributed by atoms with Crippen LogP contribution in [0.3, 0.4) is 0 Å². The minimum atomic E-state index is -0.373. The lowest BCUT2D eigenvalue weighted by Crippen LogP contribution is -2.46. The molecule has 2 aliphatic heterocycles. The second-order valence-corrected chi connectivity index (χ2v) is 6.25. The number of amides is 2. The van der Waals surface area contributed by atoms with Gasteiger partial charge in [-0.3, -0.25) is 9.59 Å². The van der Waals surface area contributed by atoms with Crippen LogP contribution in [0.1, 0.15) is 27.7 Å². The molecule has 3 rings (SSSR count). The first-order valence-electron chi connectivity index (χ1n) is 7.04. The highest BCUT2D eigenvalue weighted by Gasteiger charge is 2.48. The van der Waals surface area contributed by atoms with Crippen molar-refractivity contribution in [1.82, 2.24) is 10.2 Å². The summed E-state index contributed by atoms with van der Waals surface area (Å²) in [7, 11) is 1.64. The number of rotatable bonds is 5. The molecule has 1 N–H and O–H groups in total. The molecule has 1 aromatic carbocycles. The third-order valence-electron chi connectivity index (χ3n) is 3.82. The summed E-state index contributed by atoms with van der Waals surface area (Å²) in [6.07, 6.45) is 0.777. The number of thioether (sulfide) groups is 1. The van der Waals surface area contributed by atoms with Crippen LogP contribution in [0, 0.1) is 0 Å². The summed E-state index contributed by atoms with van der Waals surface area (Å²) >= 11 is 1.66. The van der Waals surface area contributed by atoms with Crippen molar-refractivity contribution in [2.45, 2.75) is 17.8 Å². The number of hydrogen-bond donors (Lipinski definition) is 1. The highest BCUT2D eigenvalue weighted by atomic mass is 32.2. The summed E-state index contributed by atoms with van der Waals surface area (Å²) < 4.78 is 4.96. The number of hydrogen-bond acceptors (Lipinski definition) is 4. The van der Waals surface area contributed by atoms with E-state index in [1.165, 1.54) is 0 Å². The summed E-state index contributed by atoms with van der Waals surface area (Å²) in [5.41, 5.74) is 1.76. The van der Waals surface area contributed by atoms with E-state index in [0.29, 0.717) is 18.9 Å². The first-order chi connectivity index (χ1) is 10.2. The maximum absolute atomic E-state index is 12.5. The Labute approximate surface area is 128 Å². The van der Waals surface area contributed by atoms with E-state index in [2.05, 4.69) is 5.32 Å². The van der Waals surface area contributed by atoms with E-state index in [9.17, 15) is 9.59 Å². The third kappa shape index (κ3) is 2.53. The van der Waals surface area contributed by atoms with Gasteiger partial charge in [0.05, 0.1) is 0 Å². The van der Waals surface area contributed by atoms with Crippen molar-refractivity contribution in [1.29, 1.82) is 0 Å². The number of ether oxygens (including phenoxy) is 1. The van der Waals surface area contributed by atoms with Gasteiger partial charge in [0.15, 0.2) is 0 Å². The summed E-state index contributed by atoms with van der Waals surface area (Å²) in [6, 6.07) is 7.24. The van der Waals surface area contributed by atoms with E-state index in [-0.39, 0.29) is 23.2 Å². The van der Waals surface area contributed by atoms with E-state index in [1.807, 2.05) is 24.3 Å². The molecule has 0 spiro atoms. The molecule has 1 fully saturated rings. The Morgan fingerprint density at radius 2 is 2.29 bits per heavy atom. The molecule has 2 amide bonds. The molecule has 21 heavy (non-hydrogen) atoms. The Morgan fingerprint density at radius 3 is 3.10 bits per heavy atom. The van der Waals surface area contributed by atoms with Crippen LogP contribution in [-0.2, 0) is 9.53 Å². The lowest BCUT2D eigenvalue weighted by molar-refractivity contribution is -0.124. The number of nitrogens with one attached hydrogen (secondary N) is 1. The molecule has 1 saturated heterocycles. The molecule has 112 valence electrons. The number of carbonyl (C=O) groups is 2. The Bertz CT molecular complexity index is 564. The van der Waals surface area contributed by atoms with Gasteiger partial charge >= 0.3 is 0 Å². The molecule has 1 aromatic rings. The van der Waals surface area contributed by atoms with Crippen LogP contribution >= 0.6 is 11.8 Å². The minimum Gasteiger partial charge on any atom is -0.385 e. The van der Waals surface area contributed by atoms with E-state index in [1.54, 1.807) is 23.8 Å². The normalized spacial score (nSPS) is 23.1. The largest absolute Gasteiger partial charge is 0.385 e. The van der Waals surface area contributed by atoms with Gasteiger partial charge in [-0.2, -0.15) is 0 Å². The predicted molar refractivity (Wildman–Crippen MR) is 81.1 cm³/mol. The monoisotopic (exact) mass is 306 g/mol. The summed E-state index contributed by atoms with van der Waals surface area (Å²) in [6.45, 7) is 1.20. The number of benzene rings is 1. The average molecular weight is 306 g/mol. The van der Waals surface area contributed by atoms with E-state index in [4.69, 9.17) is 4.74 Å². The van der Waals surface area contributed by atoms with Crippen molar-refractivity contribution in [3.05, 3.63) is 35.4 Å². The quantitative estimate of drug-likeness (QED) is 0.836. The topological polar surface area (TPSA) is 58.6 Å². The molecule has 2 aliphatic rings. The third-order valence-corrected chi connectivity index (χ3v) is 5.12. The van der Waals surface area contributed by atoms with E-state index < -0.39 is 0 Å². The fraction of sp³-hybridized carbons (Fsp3) is 0.467. The van der Waals surface area contributed by atoms with E-state index >= 15 is 0 Å². The molecule has 0 bridgehead atoms. The van der Waals surface area contributed by atoms with Gasteiger partial charge in [0.1, 0.15) is 11.4 Å². The van der Waals surface area contributed by atoms with Gasteiger partial charge < -0.3 is 15.0 Å². The highest BCUT2D eigenvalue weighted by molar-refractivity contribution is 7.99. The molecule has 2 atom stereocenters. The smallest absolute Gasteiger partial charge is 0.256 e. The van der Waals surface area contributed by atoms with Crippen molar-refractivity contribution >= 4 is 23.6 Å². The van der Waals surface area contributed by atoms with Crippen LogP contribution in [0.25, 0.3) is 0 Å². The summed E-state index contributed by atoms with van der Waals surface area (Å²) in [4.78, 5) is 26.5.